The zero-order valence-electron chi connectivity index (χ0n) is 7.65. The molecule has 2 aromatic rings. The number of hydrogen-bond donors (Lipinski definition) is 1. The van der Waals surface area contributed by atoms with Crippen LogP contribution in [0.5, 0.6) is 0 Å². The van der Waals surface area contributed by atoms with Gasteiger partial charge in [-0.25, -0.2) is 4.98 Å². The molecule has 0 saturated carbocycles. The van der Waals surface area contributed by atoms with Gasteiger partial charge in [-0.1, -0.05) is 18.7 Å². The van der Waals surface area contributed by atoms with E-state index >= 15 is 0 Å². The Kier molecular flexibility index (Phi) is 2.49. The highest BCUT2D eigenvalue weighted by Gasteiger charge is 2.02. The third-order valence-corrected chi connectivity index (χ3v) is 2.52. The molecule has 0 aliphatic carbocycles. The van der Waals surface area contributed by atoms with Crippen molar-refractivity contribution in [3.63, 3.8) is 0 Å². The molecule has 0 aromatic carbocycles. The van der Waals surface area contributed by atoms with Crippen molar-refractivity contribution in [3.8, 4) is 0 Å². The highest BCUT2D eigenvalue weighted by molar-refractivity contribution is 7.99. The van der Waals surface area contributed by atoms with Crippen LogP contribution < -0.4 is 5.56 Å². The topological polar surface area (TPSA) is 58.6 Å². The summed E-state index contributed by atoms with van der Waals surface area (Å²) in [6.07, 6.45) is 3.19. The van der Waals surface area contributed by atoms with Crippen LogP contribution in [-0.2, 0) is 0 Å². The van der Waals surface area contributed by atoms with Crippen molar-refractivity contribution in [2.75, 3.05) is 5.75 Å². The number of nitrogens with zero attached hydrogens (tertiary/aromatic N) is 2. The summed E-state index contributed by atoms with van der Waals surface area (Å²) in [4.78, 5) is 22.5. The molecule has 72 valence electrons. The lowest BCUT2D eigenvalue weighted by Crippen LogP contribution is -2.09. The maximum atomic E-state index is 11.5. The first-order valence-electron chi connectivity index (χ1n) is 4.28. The Morgan fingerprint density at radius 2 is 2.43 bits per heavy atom. The number of thioether (sulfide) groups is 1. The summed E-state index contributed by atoms with van der Waals surface area (Å²) in [5, 5.41) is 1.23. The number of fused-ring (bicyclic) bond motifs is 1. The highest BCUT2D eigenvalue weighted by Crippen LogP contribution is 2.12. The van der Waals surface area contributed by atoms with E-state index in [1.165, 1.54) is 11.8 Å². The van der Waals surface area contributed by atoms with Crippen molar-refractivity contribution in [1.29, 1.82) is 0 Å². The van der Waals surface area contributed by atoms with Gasteiger partial charge in [-0.15, -0.1) is 0 Å². The third kappa shape index (κ3) is 1.63. The molecule has 4 nitrogen and oxygen atoms in total. The predicted octanol–water partition coefficient (Wildman–Crippen LogP) is 1.43. The van der Waals surface area contributed by atoms with E-state index in [-0.39, 0.29) is 5.56 Å². The van der Waals surface area contributed by atoms with Crippen LogP contribution in [0.25, 0.3) is 10.9 Å². The molecule has 1 N–H and O–H groups in total. The fraction of sp³-hybridized carbons (Fsp3) is 0.222. The Labute approximate surface area is 84.8 Å². The number of aromatic nitrogens is 3. The molecule has 0 amide bonds. The zero-order valence-corrected chi connectivity index (χ0v) is 8.47. The number of aromatic amines is 1. The Morgan fingerprint density at radius 3 is 3.21 bits per heavy atom. The van der Waals surface area contributed by atoms with Crippen LogP contribution in [0.3, 0.4) is 0 Å². The SMILES string of the molecule is CCSc1nc2cnccc2c(=O)[nH]1. The van der Waals surface area contributed by atoms with Crippen LogP contribution in [0.1, 0.15) is 6.92 Å². The van der Waals surface area contributed by atoms with E-state index < -0.39 is 0 Å². The van der Waals surface area contributed by atoms with Gasteiger partial charge in [0.2, 0.25) is 0 Å². The molecule has 0 saturated heterocycles. The van der Waals surface area contributed by atoms with Gasteiger partial charge in [0.15, 0.2) is 5.16 Å². The molecule has 0 aliphatic rings. The quantitative estimate of drug-likeness (QED) is 0.598. The summed E-state index contributed by atoms with van der Waals surface area (Å²) in [7, 11) is 0. The van der Waals surface area contributed by atoms with Crippen molar-refractivity contribution in [3.05, 3.63) is 28.8 Å². The van der Waals surface area contributed by atoms with Gasteiger partial charge in [-0.05, 0) is 11.8 Å². The first kappa shape index (κ1) is 9.21. The van der Waals surface area contributed by atoms with Gasteiger partial charge in [0.25, 0.3) is 5.56 Å². The summed E-state index contributed by atoms with van der Waals surface area (Å²) in [6.45, 7) is 2.01. The summed E-state index contributed by atoms with van der Waals surface area (Å²) in [5.41, 5.74) is 0.542. The van der Waals surface area contributed by atoms with Crippen LogP contribution in [0.4, 0.5) is 0 Å². The molecule has 0 bridgehead atoms. The maximum Gasteiger partial charge on any atom is 0.259 e. The minimum absolute atomic E-state index is 0.103. The lowest BCUT2D eigenvalue weighted by atomic mass is 10.3. The Bertz CT molecular complexity index is 509. The van der Waals surface area contributed by atoms with Gasteiger partial charge in [-0.2, -0.15) is 0 Å². The fourth-order valence-corrected chi connectivity index (χ4v) is 1.78. The zero-order chi connectivity index (χ0) is 9.97. The molecule has 2 aromatic heterocycles. The molecule has 14 heavy (non-hydrogen) atoms. The van der Waals surface area contributed by atoms with Gasteiger partial charge >= 0.3 is 0 Å². The average molecular weight is 207 g/mol. The number of pyridine rings is 1. The first-order valence-corrected chi connectivity index (χ1v) is 5.26. The molecule has 2 heterocycles. The van der Waals surface area contributed by atoms with E-state index in [0.717, 1.165) is 5.75 Å². The molecule has 0 unspecified atom stereocenters. The van der Waals surface area contributed by atoms with Crippen LogP contribution in [-0.4, -0.2) is 20.7 Å². The van der Waals surface area contributed by atoms with Crippen molar-refractivity contribution in [1.82, 2.24) is 15.0 Å². The van der Waals surface area contributed by atoms with Crippen LogP contribution >= 0.6 is 11.8 Å². The van der Waals surface area contributed by atoms with Gasteiger partial charge in [0.1, 0.15) is 0 Å². The molecule has 5 heteroatoms. The summed E-state index contributed by atoms with van der Waals surface area (Å²) >= 11 is 1.51. The van der Waals surface area contributed by atoms with E-state index in [4.69, 9.17) is 0 Å². The minimum Gasteiger partial charge on any atom is -0.301 e. The molecule has 0 aliphatic heterocycles. The Balaban J connectivity index is 2.66. The second-order valence-corrected chi connectivity index (χ2v) is 3.95. The van der Waals surface area contributed by atoms with Crippen molar-refractivity contribution < 1.29 is 0 Å². The monoisotopic (exact) mass is 207 g/mol. The van der Waals surface area contributed by atoms with Crippen molar-refractivity contribution >= 4 is 22.7 Å². The van der Waals surface area contributed by atoms with Gasteiger partial charge in [-0.3, -0.25) is 9.78 Å². The van der Waals surface area contributed by atoms with Crippen LogP contribution in [0.15, 0.2) is 28.4 Å². The molecular formula is C9H9N3OS. The smallest absolute Gasteiger partial charge is 0.259 e. The predicted molar refractivity (Wildman–Crippen MR) is 56.6 cm³/mol. The lowest BCUT2D eigenvalue weighted by Gasteiger charge is -1.99. The van der Waals surface area contributed by atoms with Gasteiger partial charge < -0.3 is 4.98 Å². The minimum atomic E-state index is -0.103. The highest BCUT2D eigenvalue weighted by atomic mass is 32.2. The van der Waals surface area contributed by atoms with E-state index in [1.807, 2.05) is 6.92 Å². The number of hydrogen-bond acceptors (Lipinski definition) is 4. The van der Waals surface area contributed by atoms with Gasteiger partial charge in [0, 0.05) is 6.20 Å². The summed E-state index contributed by atoms with van der Waals surface area (Å²) < 4.78 is 0. The molecular weight excluding hydrogens is 198 g/mol. The average Bonchev–Trinajstić information content (AvgIpc) is 2.18. The van der Waals surface area contributed by atoms with E-state index in [2.05, 4.69) is 15.0 Å². The Morgan fingerprint density at radius 1 is 1.57 bits per heavy atom. The normalized spacial score (nSPS) is 10.6. The largest absolute Gasteiger partial charge is 0.301 e. The molecule has 2 rings (SSSR count). The summed E-state index contributed by atoms with van der Waals surface area (Å²) in [6, 6.07) is 1.67. The van der Waals surface area contributed by atoms with E-state index in [9.17, 15) is 4.79 Å². The Hall–Kier alpha value is -1.36. The second-order valence-electron chi connectivity index (χ2n) is 2.70. The number of nitrogens with one attached hydrogen (secondary N) is 1. The van der Waals surface area contributed by atoms with Crippen LogP contribution in [0.2, 0.25) is 0 Å². The number of H-pyrrole nitrogens is 1. The van der Waals surface area contributed by atoms with Gasteiger partial charge in [0.05, 0.1) is 17.1 Å². The standard InChI is InChI=1S/C9H9N3OS/c1-2-14-9-11-7-5-10-4-3-6(7)8(13)12-9/h3-5H,2H2,1H3,(H,11,12,13). The molecule has 0 radical (unpaired) electrons. The molecule has 0 atom stereocenters. The van der Waals surface area contributed by atoms with Crippen LogP contribution in [0, 0.1) is 0 Å². The maximum absolute atomic E-state index is 11.5. The summed E-state index contributed by atoms with van der Waals surface area (Å²) in [5.74, 6) is 0.884. The molecule has 0 fully saturated rings. The first-order chi connectivity index (χ1) is 6.81. The number of rotatable bonds is 2. The third-order valence-electron chi connectivity index (χ3n) is 1.77. The van der Waals surface area contributed by atoms with Crippen molar-refractivity contribution in [2.45, 2.75) is 12.1 Å². The second kappa shape index (κ2) is 3.79. The van der Waals surface area contributed by atoms with Crippen molar-refractivity contribution in [2.24, 2.45) is 0 Å². The fourth-order valence-electron chi connectivity index (χ4n) is 1.17. The van der Waals surface area contributed by atoms with E-state index in [0.29, 0.717) is 16.1 Å². The van der Waals surface area contributed by atoms with E-state index in [1.54, 1.807) is 18.5 Å². The lowest BCUT2D eigenvalue weighted by molar-refractivity contribution is 0.971. The molecule has 0 spiro atoms.